The first-order chi connectivity index (χ1) is 8.22. The second-order valence-electron chi connectivity index (χ2n) is 3.40. The second-order valence-corrected chi connectivity index (χ2v) is 3.40. The Labute approximate surface area is 101 Å². The summed E-state index contributed by atoms with van der Waals surface area (Å²) in [5.74, 6) is 0.314. The molecule has 4 heteroatoms. The van der Waals surface area contributed by atoms with E-state index in [2.05, 4.69) is 6.07 Å². The third kappa shape index (κ3) is 3.49. The average Bonchev–Trinajstić information content (AvgIpc) is 2.36. The molecule has 1 aromatic rings. The molecule has 0 aliphatic rings. The maximum atomic E-state index is 11.7. The molecule has 0 saturated carbocycles. The van der Waals surface area contributed by atoms with Crippen molar-refractivity contribution in [1.82, 2.24) is 0 Å². The lowest BCUT2D eigenvalue weighted by Crippen LogP contribution is -2.08. The van der Waals surface area contributed by atoms with Crippen LogP contribution in [0.5, 0.6) is 5.75 Å². The Hall–Kier alpha value is -2.02. The third-order valence-electron chi connectivity index (χ3n) is 2.31. The molecule has 0 spiro atoms. The van der Waals surface area contributed by atoms with Crippen molar-refractivity contribution in [3.63, 3.8) is 0 Å². The molecule has 0 fully saturated rings. The lowest BCUT2D eigenvalue weighted by Gasteiger charge is -2.09. The van der Waals surface area contributed by atoms with Crippen LogP contribution in [-0.4, -0.2) is 19.7 Å². The molecule has 0 heterocycles. The Morgan fingerprint density at radius 3 is 2.82 bits per heavy atom. The summed E-state index contributed by atoms with van der Waals surface area (Å²) in [5, 5.41) is 8.59. The predicted molar refractivity (Wildman–Crippen MR) is 62.9 cm³/mol. The zero-order valence-corrected chi connectivity index (χ0v) is 10.0. The van der Waals surface area contributed by atoms with Gasteiger partial charge < -0.3 is 9.47 Å². The normalized spacial score (nSPS) is 9.47. The minimum atomic E-state index is -0.358. The Kier molecular flexibility index (Phi) is 5.02. The number of nitriles is 1. The third-order valence-corrected chi connectivity index (χ3v) is 2.31. The van der Waals surface area contributed by atoms with E-state index in [1.165, 1.54) is 0 Å². The van der Waals surface area contributed by atoms with Crippen LogP contribution in [0.4, 0.5) is 0 Å². The number of esters is 1. The summed E-state index contributed by atoms with van der Waals surface area (Å²) in [6.45, 7) is 2.10. The van der Waals surface area contributed by atoms with Crippen molar-refractivity contribution in [3.05, 3.63) is 29.3 Å². The van der Waals surface area contributed by atoms with E-state index in [0.717, 1.165) is 5.56 Å². The van der Waals surface area contributed by atoms with Crippen molar-refractivity contribution >= 4 is 5.97 Å². The number of hydrogen-bond donors (Lipinski definition) is 0. The SMILES string of the molecule is CCOC(=O)c1ccc(OC)cc1CCC#N. The first-order valence-electron chi connectivity index (χ1n) is 5.44. The highest BCUT2D eigenvalue weighted by atomic mass is 16.5. The average molecular weight is 233 g/mol. The standard InChI is InChI=1S/C13H15NO3/c1-3-17-13(15)12-7-6-11(16-2)9-10(12)5-4-8-14/h6-7,9H,3-5H2,1-2H3. The largest absolute Gasteiger partial charge is 0.497 e. The monoisotopic (exact) mass is 233 g/mol. The van der Waals surface area contributed by atoms with Gasteiger partial charge in [0.1, 0.15) is 5.75 Å². The molecular formula is C13H15NO3. The molecule has 1 aromatic carbocycles. The molecule has 17 heavy (non-hydrogen) atoms. The van der Waals surface area contributed by atoms with E-state index in [9.17, 15) is 4.79 Å². The minimum absolute atomic E-state index is 0.336. The summed E-state index contributed by atoms with van der Waals surface area (Å²) in [4.78, 5) is 11.7. The smallest absolute Gasteiger partial charge is 0.338 e. The zero-order chi connectivity index (χ0) is 12.7. The minimum Gasteiger partial charge on any atom is -0.497 e. The number of ether oxygens (including phenoxy) is 2. The van der Waals surface area contributed by atoms with Gasteiger partial charge in [0.05, 0.1) is 25.3 Å². The van der Waals surface area contributed by atoms with Gasteiger partial charge in [-0.25, -0.2) is 4.79 Å². The molecule has 1 rings (SSSR count). The van der Waals surface area contributed by atoms with Gasteiger partial charge in [-0.05, 0) is 37.1 Å². The summed E-state index contributed by atoms with van der Waals surface area (Å²) in [7, 11) is 1.56. The van der Waals surface area contributed by atoms with Crippen molar-refractivity contribution in [1.29, 1.82) is 5.26 Å². The van der Waals surface area contributed by atoms with Crippen LogP contribution in [0.3, 0.4) is 0 Å². The van der Waals surface area contributed by atoms with E-state index in [4.69, 9.17) is 14.7 Å². The van der Waals surface area contributed by atoms with Gasteiger partial charge in [-0.2, -0.15) is 5.26 Å². The van der Waals surface area contributed by atoms with Crippen LogP contribution in [0.1, 0.15) is 29.3 Å². The number of carbonyl (C=O) groups excluding carboxylic acids is 1. The highest BCUT2D eigenvalue weighted by Gasteiger charge is 2.13. The maximum Gasteiger partial charge on any atom is 0.338 e. The number of methoxy groups -OCH3 is 1. The van der Waals surface area contributed by atoms with Crippen molar-refractivity contribution in [2.45, 2.75) is 19.8 Å². The molecule has 0 aliphatic heterocycles. The fraction of sp³-hybridized carbons (Fsp3) is 0.385. The Bertz CT molecular complexity index is 435. The van der Waals surface area contributed by atoms with Crippen LogP contribution in [0.25, 0.3) is 0 Å². The molecule has 0 N–H and O–H groups in total. The first-order valence-corrected chi connectivity index (χ1v) is 5.44. The maximum absolute atomic E-state index is 11.7. The molecule has 0 aliphatic carbocycles. The lowest BCUT2D eigenvalue weighted by atomic mass is 10.0. The molecule has 0 radical (unpaired) electrons. The van der Waals surface area contributed by atoms with E-state index < -0.39 is 0 Å². The van der Waals surface area contributed by atoms with Crippen LogP contribution in [0.15, 0.2) is 18.2 Å². The van der Waals surface area contributed by atoms with Crippen molar-refractivity contribution < 1.29 is 14.3 Å². The Balaban J connectivity index is 3.02. The summed E-state index contributed by atoms with van der Waals surface area (Å²) in [5.41, 5.74) is 1.28. The fourth-order valence-electron chi connectivity index (χ4n) is 1.50. The van der Waals surface area contributed by atoms with Crippen LogP contribution in [-0.2, 0) is 11.2 Å². The summed E-state index contributed by atoms with van der Waals surface area (Å²) in [6.07, 6.45) is 0.876. The van der Waals surface area contributed by atoms with Crippen molar-refractivity contribution in [2.24, 2.45) is 0 Å². The van der Waals surface area contributed by atoms with Crippen LogP contribution in [0, 0.1) is 11.3 Å². The summed E-state index contributed by atoms with van der Waals surface area (Å²) < 4.78 is 10.1. The van der Waals surface area contributed by atoms with E-state index in [0.29, 0.717) is 30.8 Å². The van der Waals surface area contributed by atoms with Gasteiger partial charge in [0.15, 0.2) is 0 Å². The number of carbonyl (C=O) groups is 1. The van der Waals surface area contributed by atoms with Crippen molar-refractivity contribution in [3.8, 4) is 11.8 Å². The van der Waals surface area contributed by atoms with Gasteiger partial charge in [-0.3, -0.25) is 0 Å². The Morgan fingerprint density at radius 2 is 2.24 bits per heavy atom. The van der Waals surface area contributed by atoms with Gasteiger partial charge in [-0.1, -0.05) is 0 Å². The van der Waals surface area contributed by atoms with E-state index in [1.807, 2.05) is 0 Å². The number of benzene rings is 1. The van der Waals surface area contributed by atoms with Crippen molar-refractivity contribution in [2.75, 3.05) is 13.7 Å². The first kappa shape index (κ1) is 13.0. The van der Waals surface area contributed by atoms with E-state index in [1.54, 1.807) is 32.2 Å². The molecule has 0 amide bonds. The predicted octanol–water partition coefficient (Wildman–Crippen LogP) is 2.33. The molecule has 0 saturated heterocycles. The molecule has 0 bridgehead atoms. The van der Waals surface area contributed by atoms with Gasteiger partial charge in [0.2, 0.25) is 0 Å². The molecule has 0 unspecified atom stereocenters. The van der Waals surface area contributed by atoms with Crippen LogP contribution < -0.4 is 4.74 Å². The summed E-state index contributed by atoms with van der Waals surface area (Å²) >= 11 is 0. The topological polar surface area (TPSA) is 59.3 Å². The Morgan fingerprint density at radius 1 is 1.47 bits per heavy atom. The second kappa shape index (κ2) is 6.54. The molecule has 4 nitrogen and oxygen atoms in total. The van der Waals surface area contributed by atoms with Crippen LogP contribution in [0.2, 0.25) is 0 Å². The van der Waals surface area contributed by atoms with E-state index in [-0.39, 0.29) is 5.97 Å². The fourth-order valence-corrected chi connectivity index (χ4v) is 1.50. The zero-order valence-electron chi connectivity index (χ0n) is 10.0. The number of hydrogen-bond acceptors (Lipinski definition) is 4. The number of nitrogens with zero attached hydrogens (tertiary/aromatic N) is 1. The highest BCUT2D eigenvalue weighted by molar-refractivity contribution is 5.91. The van der Waals surface area contributed by atoms with Gasteiger partial charge >= 0.3 is 5.97 Å². The highest BCUT2D eigenvalue weighted by Crippen LogP contribution is 2.20. The van der Waals surface area contributed by atoms with E-state index >= 15 is 0 Å². The van der Waals surface area contributed by atoms with Gasteiger partial charge in [0, 0.05) is 6.42 Å². The quantitative estimate of drug-likeness (QED) is 0.732. The van der Waals surface area contributed by atoms with Gasteiger partial charge in [0.25, 0.3) is 0 Å². The molecule has 0 aromatic heterocycles. The molecule has 0 atom stereocenters. The number of aryl methyl sites for hydroxylation is 1. The number of rotatable bonds is 5. The van der Waals surface area contributed by atoms with Gasteiger partial charge in [-0.15, -0.1) is 0 Å². The summed E-state index contributed by atoms with van der Waals surface area (Å²) in [6, 6.07) is 7.21. The molecule has 90 valence electrons. The lowest BCUT2D eigenvalue weighted by molar-refractivity contribution is 0.0525. The van der Waals surface area contributed by atoms with Crippen LogP contribution >= 0.6 is 0 Å². The molecular weight excluding hydrogens is 218 g/mol.